The van der Waals surface area contributed by atoms with E-state index in [1.54, 1.807) is 6.92 Å². The minimum atomic E-state index is -0.349. The summed E-state index contributed by atoms with van der Waals surface area (Å²) in [4.78, 5) is 25.0. The number of esters is 2. The Kier molecular flexibility index (Phi) is 4.64. The molecule has 0 saturated heterocycles. The van der Waals surface area contributed by atoms with Crippen LogP contribution in [0.2, 0.25) is 0 Å². The van der Waals surface area contributed by atoms with Crippen molar-refractivity contribution in [2.45, 2.75) is 96.2 Å². The Morgan fingerprint density at radius 1 is 0.931 bits per heavy atom. The Morgan fingerprint density at radius 2 is 1.55 bits per heavy atom. The van der Waals surface area contributed by atoms with Crippen molar-refractivity contribution in [3.05, 3.63) is 12.2 Å². The molecule has 0 radical (unpaired) electrons. The van der Waals surface area contributed by atoms with Crippen LogP contribution in [0.1, 0.15) is 84.5 Å². The number of rotatable bonds is 5. The molecule has 6 saturated carbocycles. The van der Waals surface area contributed by atoms with Crippen LogP contribution in [0.3, 0.4) is 0 Å². The predicted molar refractivity (Wildman–Crippen MR) is 110 cm³/mol. The molecule has 0 spiro atoms. The normalized spacial score (nSPS) is 45.7. The summed E-state index contributed by atoms with van der Waals surface area (Å²) < 4.78 is 12.1. The lowest BCUT2D eigenvalue weighted by Crippen LogP contribution is -2.65. The van der Waals surface area contributed by atoms with Crippen molar-refractivity contribution in [1.82, 2.24) is 0 Å². The Balaban J connectivity index is 1.30. The molecule has 6 rings (SSSR count). The minimum Gasteiger partial charge on any atom is -0.459 e. The van der Waals surface area contributed by atoms with Crippen molar-refractivity contribution in [3.63, 3.8) is 0 Å². The van der Waals surface area contributed by atoms with E-state index in [2.05, 4.69) is 13.5 Å². The maximum absolute atomic E-state index is 13.2. The van der Waals surface area contributed by atoms with Gasteiger partial charge in [0, 0.05) is 17.4 Å². The van der Waals surface area contributed by atoms with Crippen LogP contribution in [-0.4, -0.2) is 23.6 Å². The van der Waals surface area contributed by atoms with Crippen LogP contribution in [0, 0.1) is 35.0 Å². The zero-order chi connectivity index (χ0) is 20.4. The first-order chi connectivity index (χ1) is 13.8. The van der Waals surface area contributed by atoms with Crippen molar-refractivity contribution in [2.75, 3.05) is 0 Å². The van der Waals surface area contributed by atoms with Crippen LogP contribution < -0.4 is 0 Å². The molecule has 0 aliphatic heterocycles. The smallest absolute Gasteiger partial charge is 0.333 e. The average Bonchev–Trinajstić information content (AvgIpc) is 3.14. The van der Waals surface area contributed by atoms with Gasteiger partial charge in [-0.15, -0.1) is 0 Å². The van der Waals surface area contributed by atoms with Gasteiger partial charge in [-0.2, -0.15) is 0 Å². The molecule has 6 fully saturated rings. The zero-order valence-corrected chi connectivity index (χ0v) is 18.1. The summed E-state index contributed by atoms with van der Waals surface area (Å²) in [7, 11) is 0. The standard InChI is InChI=1S/C25H36O4/c1-15(2)22(26)28-21-10-17(11-21)23(27)29-25(18-6-4-5-7-18)19-8-16-9-20(25)14-24(3,12-16)13-19/h16-21H,1,4-14H2,2-3H3. The highest BCUT2D eigenvalue weighted by Crippen LogP contribution is 2.67. The highest BCUT2D eigenvalue weighted by Gasteiger charge is 2.65. The quantitative estimate of drug-likeness (QED) is 0.470. The van der Waals surface area contributed by atoms with Crippen molar-refractivity contribution in [1.29, 1.82) is 0 Å². The molecule has 0 N–H and O–H groups in total. The van der Waals surface area contributed by atoms with Gasteiger partial charge in [-0.25, -0.2) is 4.79 Å². The maximum atomic E-state index is 13.2. The van der Waals surface area contributed by atoms with Crippen molar-refractivity contribution >= 4 is 11.9 Å². The largest absolute Gasteiger partial charge is 0.459 e. The lowest BCUT2D eigenvalue weighted by molar-refractivity contribution is -0.247. The maximum Gasteiger partial charge on any atom is 0.333 e. The summed E-state index contributed by atoms with van der Waals surface area (Å²) in [5, 5.41) is 0. The highest BCUT2D eigenvalue weighted by atomic mass is 16.6. The summed E-state index contributed by atoms with van der Waals surface area (Å²) in [5.74, 6) is 2.05. The van der Waals surface area contributed by atoms with E-state index in [-0.39, 0.29) is 29.6 Å². The van der Waals surface area contributed by atoms with E-state index in [4.69, 9.17) is 9.47 Å². The third-order valence-electron chi connectivity index (χ3n) is 9.09. The van der Waals surface area contributed by atoms with Gasteiger partial charge in [0.25, 0.3) is 0 Å². The Labute approximate surface area is 174 Å². The van der Waals surface area contributed by atoms with Gasteiger partial charge in [-0.3, -0.25) is 4.79 Å². The third kappa shape index (κ3) is 3.16. The van der Waals surface area contributed by atoms with Gasteiger partial charge >= 0.3 is 11.9 Å². The summed E-state index contributed by atoms with van der Waals surface area (Å²) in [6, 6.07) is 0. The van der Waals surface area contributed by atoms with Gasteiger partial charge in [-0.05, 0) is 82.0 Å². The molecule has 0 heterocycles. The third-order valence-corrected chi connectivity index (χ3v) is 9.09. The first-order valence-corrected chi connectivity index (χ1v) is 11.9. The fraction of sp³-hybridized carbons (Fsp3) is 0.840. The first kappa shape index (κ1) is 19.6. The molecule has 0 amide bonds. The lowest BCUT2D eigenvalue weighted by Gasteiger charge is -2.65. The molecule has 4 bridgehead atoms. The zero-order valence-electron chi connectivity index (χ0n) is 18.1. The number of ether oxygens (including phenoxy) is 2. The van der Waals surface area contributed by atoms with Gasteiger partial charge in [0.05, 0.1) is 5.92 Å². The summed E-state index contributed by atoms with van der Waals surface area (Å²) in [6.45, 7) is 7.77. The summed E-state index contributed by atoms with van der Waals surface area (Å²) in [5.41, 5.74) is 0.686. The molecule has 0 aromatic carbocycles. The molecule has 6 aliphatic carbocycles. The molecule has 6 aliphatic rings. The van der Waals surface area contributed by atoms with Crippen LogP contribution in [0.4, 0.5) is 0 Å². The molecule has 4 heteroatoms. The SMILES string of the molecule is C=C(C)C(=O)OC1CC(C(=O)OC2(C3CCCC3)C3CC4CC2CC(C)(C4)C3)C1. The van der Waals surface area contributed by atoms with Gasteiger partial charge in [0.15, 0.2) is 0 Å². The topological polar surface area (TPSA) is 52.6 Å². The molecule has 2 atom stereocenters. The number of carbonyl (C=O) groups is 2. The highest BCUT2D eigenvalue weighted by molar-refractivity contribution is 5.87. The second kappa shape index (κ2) is 6.85. The number of hydrogen-bond donors (Lipinski definition) is 0. The van der Waals surface area contributed by atoms with E-state index in [1.165, 1.54) is 57.8 Å². The molecule has 4 nitrogen and oxygen atoms in total. The molecule has 160 valence electrons. The van der Waals surface area contributed by atoms with Crippen molar-refractivity contribution < 1.29 is 19.1 Å². The molecule has 0 aromatic heterocycles. The number of hydrogen-bond acceptors (Lipinski definition) is 4. The molecule has 29 heavy (non-hydrogen) atoms. The van der Waals surface area contributed by atoms with Gasteiger partial charge in [-0.1, -0.05) is 26.3 Å². The summed E-state index contributed by atoms with van der Waals surface area (Å²) >= 11 is 0. The van der Waals surface area contributed by atoms with E-state index < -0.39 is 0 Å². The van der Waals surface area contributed by atoms with Crippen LogP contribution in [0.25, 0.3) is 0 Å². The van der Waals surface area contributed by atoms with Crippen LogP contribution in [0.5, 0.6) is 0 Å². The predicted octanol–water partition coefficient (Wildman–Crippen LogP) is 5.20. The van der Waals surface area contributed by atoms with Crippen molar-refractivity contribution in [2.24, 2.45) is 35.0 Å². The molecule has 0 aromatic rings. The fourth-order valence-corrected chi connectivity index (χ4v) is 8.05. The number of carbonyl (C=O) groups excluding carboxylic acids is 2. The molecular weight excluding hydrogens is 364 g/mol. The second-order valence-corrected chi connectivity index (χ2v) is 11.4. The molecular formula is C25H36O4. The van der Waals surface area contributed by atoms with Crippen LogP contribution in [0.15, 0.2) is 12.2 Å². The van der Waals surface area contributed by atoms with Gasteiger partial charge in [0.2, 0.25) is 0 Å². The lowest BCUT2D eigenvalue weighted by atomic mass is 9.43. The monoisotopic (exact) mass is 400 g/mol. The minimum absolute atomic E-state index is 0.0165. The van der Waals surface area contributed by atoms with Gasteiger partial charge < -0.3 is 9.47 Å². The molecule has 2 unspecified atom stereocenters. The first-order valence-electron chi connectivity index (χ1n) is 11.9. The average molecular weight is 401 g/mol. The van der Waals surface area contributed by atoms with E-state index in [0.717, 1.165) is 5.92 Å². The van der Waals surface area contributed by atoms with E-state index in [0.29, 0.717) is 41.6 Å². The Hall–Kier alpha value is -1.32. The van der Waals surface area contributed by atoms with Crippen LogP contribution in [-0.2, 0) is 19.1 Å². The van der Waals surface area contributed by atoms with E-state index in [1.807, 2.05) is 0 Å². The van der Waals surface area contributed by atoms with E-state index >= 15 is 0 Å². The summed E-state index contributed by atoms with van der Waals surface area (Å²) in [6.07, 6.45) is 12.5. The second-order valence-electron chi connectivity index (χ2n) is 11.4. The fourth-order valence-electron chi connectivity index (χ4n) is 8.05. The Morgan fingerprint density at radius 3 is 2.10 bits per heavy atom. The van der Waals surface area contributed by atoms with E-state index in [9.17, 15) is 9.59 Å². The van der Waals surface area contributed by atoms with Crippen LogP contribution >= 0.6 is 0 Å². The Bertz CT molecular complexity index is 696. The van der Waals surface area contributed by atoms with Gasteiger partial charge in [0.1, 0.15) is 11.7 Å². The van der Waals surface area contributed by atoms with Crippen molar-refractivity contribution in [3.8, 4) is 0 Å².